The molecular weight excluding hydrogens is 212 g/mol. The zero-order chi connectivity index (χ0) is 12.5. The van der Waals surface area contributed by atoms with Gasteiger partial charge in [0.05, 0.1) is 6.07 Å². The average Bonchev–Trinajstić information content (AvgIpc) is 2.85. The first-order valence-electron chi connectivity index (χ1n) is 6.96. The maximum absolute atomic E-state index is 12.1. The van der Waals surface area contributed by atoms with Crippen LogP contribution in [-0.4, -0.2) is 23.4 Å². The Balaban J connectivity index is 2.35. The van der Waals surface area contributed by atoms with Crippen molar-refractivity contribution in [3.8, 4) is 6.07 Å². The summed E-state index contributed by atoms with van der Waals surface area (Å²) in [6.07, 6.45) is 9.71. The molecule has 0 atom stereocenters. The topological polar surface area (TPSA) is 44.1 Å². The molecule has 1 aliphatic rings. The molecule has 0 heterocycles. The van der Waals surface area contributed by atoms with Gasteiger partial charge in [0.25, 0.3) is 0 Å². The number of nitrogens with zero attached hydrogens (tertiary/aromatic N) is 2. The van der Waals surface area contributed by atoms with Crippen molar-refractivity contribution in [3.63, 3.8) is 0 Å². The van der Waals surface area contributed by atoms with Crippen molar-refractivity contribution in [1.29, 1.82) is 5.26 Å². The lowest BCUT2D eigenvalue weighted by molar-refractivity contribution is -0.132. The van der Waals surface area contributed by atoms with Gasteiger partial charge in [-0.15, -0.1) is 0 Å². The number of hydrogen-bond donors (Lipinski definition) is 0. The highest BCUT2D eigenvalue weighted by atomic mass is 16.2. The predicted octanol–water partition coefficient (Wildman–Crippen LogP) is 3.25. The number of amides is 1. The average molecular weight is 236 g/mol. The number of carbonyl (C=O) groups excluding carboxylic acids is 1. The minimum absolute atomic E-state index is 0.189. The van der Waals surface area contributed by atoms with Gasteiger partial charge in [0.15, 0.2) is 0 Å². The molecule has 0 bridgehead atoms. The third kappa shape index (κ3) is 4.77. The zero-order valence-corrected chi connectivity index (χ0v) is 11.0. The largest absolute Gasteiger partial charge is 0.326 e. The highest BCUT2D eigenvalue weighted by Gasteiger charge is 2.25. The second-order valence-electron chi connectivity index (χ2n) is 4.93. The Hall–Kier alpha value is -1.04. The van der Waals surface area contributed by atoms with E-state index in [-0.39, 0.29) is 12.5 Å². The highest BCUT2D eigenvalue weighted by Crippen LogP contribution is 2.24. The summed E-state index contributed by atoms with van der Waals surface area (Å²) < 4.78 is 0. The van der Waals surface area contributed by atoms with E-state index in [4.69, 9.17) is 5.26 Å². The molecule has 0 aromatic carbocycles. The summed E-state index contributed by atoms with van der Waals surface area (Å²) in [4.78, 5) is 13.9. The fraction of sp³-hybridized carbons (Fsp3) is 0.857. The second-order valence-corrected chi connectivity index (χ2v) is 4.93. The van der Waals surface area contributed by atoms with E-state index < -0.39 is 0 Å². The molecule has 3 nitrogen and oxygen atoms in total. The molecule has 0 aliphatic heterocycles. The predicted molar refractivity (Wildman–Crippen MR) is 68.3 cm³/mol. The molecule has 0 spiro atoms. The molecule has 1 aliphatic carbocycles. The van der Waals surface area contributed by atoms with Gasteiger partial charge in [0.1, 0.15) is 6.54 Å². The minimum atomic E-state index is 0.189. The van der Waals surface area contributed by atoms with Crippen LogP contribution in [-0.2, 0) is 4.79 Å². The van der Waals surface area contributed by atoms with Gasteiger partial charge in [-0.3, -0.25) is 4.79 Å². The summed E-state index contributed by atoms with van der Waals surface area (Å²) in [6.45, 7) is 2.44. The molecule has 0 saturated heterocycles. The molecule has 1 fully saturated rings. The third-order valence-corrected chi connectivity index (χ3v) is 3.57. The minimum Gasteiger partial charge on any atom is -0.326 e. The summed E-state index contributed by atoms with van der Waals surface area (Å²) in [5.41, 5.74) is 0. The summed E-state index contributed by atoms with van der Waals surface area (Å²) >= 11 is 0. The number of rotatable bonds is 7. The van der Waals surface area contributed by atoms with Gasteiger partial charge in [-0.2, -0.15) is 5.26 Å². The van der Waals surface area contributed by atoms with Gasteiger partial charge >= 0.3 is 0 Å². The Morgan fingerprint density at radius 1 is 1.29 bits per heavy atom. The van der Waals surface area contributed by atoms with Gasteiger partial charge < -0.3 is 4.90 Å². The van der Waals surface area contributed by atoms with Crippen LogP contribution in [0, 0.1) is 11.3 Å². The lowest BCUT2D eigenvalue weighted by Gasteiger charge is -2.26. The maximum atomic E-state index is 12.1. The fourth-order valence-electron chi connectivity index (χ4n) is 2.56. The third-order valence-electron chi connectivity index (χ3n) is 3.57. The Bertz CT molecular complexity index is 264. The molecule has 1 amide bonds. The quantitative estimate of drug-likeness (QED) is 0.503. The van der Waals surface area contributed by atoms with Crippen molar-refractivity contribution in [3.05, 3.63) is 0 Å². The smallest absolute Gasteiger partial charge is 0.223 e. The second kappa shape index (κ2) is 8.11. The number of hydrogen-bond acceptors (Lipinski definition) is 2. The van der Waals surface area contributed by atoms with E-state index in [1.54, 1.807) is 0 Å². The van der Waals surface area contributed by atoms with Crippen molar-refractivity contribution >= 4 is 5.91 Å². The van der Waals surface area contributed by atoms with Crippen LogP contribution >= 0.6 is 0 Å². The van der Waals surface area contributed by atoms with Crippen LogP contribution in [0.2, 0.25) is 0 Å². The van der Waals surface area contributed by atoms with Crippen molar-refractivity contribution < 1.29 is 4.79 Å². The van der Waals surface area contributed by atoms with E-state index in [0.717, 1.165) is 25.7 Å². The van der Waals surface area contributed by atoms with Gasteiger partial charge in [-0.25, -0.2) is 0 Å². The molecule has 17 heavy (non-hydrogen) atoms. The summed E-state index contributed by atoms with van der Waals surface area (Å²) in [7, 11) is 0. The van der Waals surface area contributed by atoms with Crippen molar-refractivity contribution in [2.75, 3.05) is 6.54 Å². The normalized spacial score (nSPS) is 15.8. The van der Waals surface area contributed by atoms with E-state index >= 15 is 0 Å². The van der Waals surface area contributed by atoms with E-state index in [9.17, 15) is 4.79 Å². The zero-order valence-electron chi connectivity index (χ0n) is 11.0. The lowest BCUT2D eigenvalue weighted by Crippen LogP contribution is -2.38. The molecule has 1 rings (SSSR count). The van der Waals surface area contributed by atoms with Crippen LogP contribution < -0.4 is 0 Å². The number of carbonyl (C=O) groups is 1. The van der Waals surface area contributed by atoms with Gasteiger partial charge in [0, 0.05) is 12.5 Å². The first kappa shape index (κ1) is 14.0. The van der Waals surface area contributed by atoms with E-state index in [0.29, 0.717) is 12.5 Å². The van der Waals surface area contributed by atoms with Crippen LogP contribution in [0.25, 0.3) is 0 Å². The van der Waals surface area contributed by atoms with Crippen LogP contribution in [0.15, 0.2) is 0 Å². The molecule has 3 heteroatoms. The molecule has 0 radical (unpaired) electrons. The Kier molecular flexibility index (Phi) is 6.69. The highest BCUT2D eigenvalue weighted by molar-refractivity contribution is 5.76. The monoisotopic (exact) mass is 236 g/mol. The van der Waals surface area contributed by atoms with Crippen LogP contribution in [0.1, 0.15) is 64.7 Å². The Morgan fingerprint density at radius 2 is 2.00 bits per heavy atom. The SMILES string of the molecule is CCCCCCC(=O)N(CC#N)C1CCCC1. The van der Waals surface area contributed by atoms with E-state index in [1.165, 1.54) is 25.7 Å². The molecule has 0 aromatic heterocycles. The van der Waals surface area contributed by atoms with E-state index in [2.05, 4.69) is 13.0 Å². The fourth-order valence-corrected chi connectivity index (χ4v) is 2.56. The standard InChI is InChI=1S/C14H24N2O/c1-2-3-4-5-10-14(17)16(12-11-15)13-8-6-7-9-13/h13H,2-10,12H2,1H3. The van der Waals surface area contributed by atoms with Crippen molar-refractivity contribution in [1.82, 2.24) is 4.90 Å². The molecule has 0 aromatic rings. The van der Waals surface area contributed by atoms with E-state index in [1.807, 2.05) is 4.90 Å². The van der Waals surface area contributed by atoms with Gasteiger partial charge in [-0.05, 0) is 19.3 Å². The molecule has 1 saturated carbocycles. The van der Waals surface area contributed by atoms with Crippen molar-refractivity contribution in [2.24, 2.45) is 0 Å². The van der Waals surface area contributed by atoms with Crippen LogP contribution in [0.4, 0.5) is 0 Å². The van der Waals surface area contributed by atoms with Crippen LogP contribution in [0.5, 0.6) is 0 Å². The first-order chi connectivity index (χ1) is 8.29. The molecule has 96 valence electrons. The summed E-state index contributed by atoms with van der Waals surface area (Å²) in [5.74, 6) is 0.189. The number of unbranched alkanes of at least 4 members (excludes halogenated alkanes) is 3. The molecule has 0 N–H and O–H groups in total. The Labute approximate surface area is 105 Å². The van der Waals surface area contributed by atoms with Crippen LogP contribution in [0.3, 0.4) is 0 Å². The first-order valence-corrected chi connectivity index (χ1v) is 6.96. The Morgan fingerprint density at radius 3 is 2.59 bits per heavy atom. The molecular formula is C14H24N2O. The summed E-state index contributed by atoms with van der Waals surface area (Å²) in [5, 5.41) is 8.81. The summed E-state index contributed by atoms with van der Waals surface area (Å²) in [6, 6.07) is 2.47. The maximum Gasteiger partial charge on any atom is 0.223 e. The van der Waals surface area contributed by atoms with Gasteiger partial charge in [0.2, 0.25) is 5.91 Å². The lowest BCUT2D eigenvalue weighted by atomic mass is 10.1. The van der Waals surface area contributed by atoms with Gasteiger partial charge in [-0.1, -0.05) is 39.0 Å². The number of nitriles is 1. The van der Waals surface area contributed by atoms with Crippen molar-refractivity contribution in [2.45, 2.75) is 70.8 Å². The molecule has 0 unspecified atom stereocenters.